The molecule has 0 radical (unpaired) electrons. The Bertz CT molecular complexity index is 758. The highest BCUT2D eigenvalue weighted by atomic mass is 32.2. The van der Waals surface area contributed by atoms with E-state index in [1.165, 1.54) is 34.4 Å². The topological polar surface area (TPSA) is 50.3 Å². The van der Waals surface area contributed by atoms with Gasteiger partial charge < -0.3 is 0 Å². The number of rotatable bonds is 7. The van der Waals surface area contributed by atoms with Gasteiger partial charge in [0.1, 0.15) is 10.7 Å². The molecule has 0 saturated carbocycles. The fraction of sp³-hybridized carbons (Fsp3) is 0.353. The Kier molecular flexibility index (Phi) is 6.37. The Hall–Kier alpha value is -1.44. The van der Waals surface area contributed by atoms with Gasteiger partial charge >= 0.3 is 0 Å². The molecular formula is C17H21FN2O2S2. The quantitative estimate of drug-likeness (QED) is 0.690. The van der Waals surface area contributed by atoms with Crippen molar-refractivity contribution >= 4 is 21.8 Å². The summed E-state index contributed by atoms with van der Waals surface area (Å²) >= 11 is 1.50. The van der Waals surface area contributed by atoms with Gasteiger partial charge in [0, 0.05) is 24.5 Å². The second kappa shape index (κ2) is 8.09. The lowest BCUT2D eigenvalue weighted by molar-refractivity contribution is 0.445. The van der Waals surface area contributed by atoms with Crippen LogP contribution in [0, 0.1) is 5.82 Å². The van der Waals surface area contributed by atoms with Crippen LogP contribution in [0.4, 0.5) is 4.39 Å². The Balaban J connectivity index is 2.13. The molecule has 1 atom stereocenters. The van der Waals surface area contributed by atoms with Crippen molar-refractivity contribution in [3.05, 3.63) is 54.0 Å². The van der Waals surface area contributed by atoms with Crippen molar-refractivity contribution in [3.8, 4) is 0 Å². The minimum atomic E-state index is -3.48. The number of hydrogen-bond donors (Lipinski definition) is 0. The zero-order valence-electron chi connectivity index (χ0n) is 13.9. The van der Waals surface area contributed by atoms with Crippen LogP contribution in [-0.2, 0) is 10.0 Å². The van der Waals surface area contributed by atoms with Crippen molar-refractivity contribution < 1.29 is 12.8 Å². The molecule has 0 aliphatic rings. The van der Waals surface area contributed by atoms with Gasteiger partial charge in [-0.15, -0.1) is 0 Å². The minimum absolute atomic E-state index is 0.0864. The van der Waals surface area contributed by atoms with Gasteiger partial charge in [0.05, 0.1) is 5.03 Å². The molecule has 130 valence electrons. The molecule has 1 heterocycles. The molecule has 24 heavy (non-hydrogen) atoms. The summed E-state index contributed by atoms with van der Waals surface area (Å²) in [6, 6.07) is 9.64. The first-order valence-corrected chi connectivity index (χ1v) is 10.1. The summed E-state index contributed by atoms with van der Waals surface area (Å²) in [4.78, 5) is 4.46. The van der Waals surface area contributed by atoms with E-state index in [1.807, 2.05) is 20.8 Å². The monoisotopic (exact) mass is 368 g/mol. The molecule has 0 amide bonds. The molecule has 4 nitrogen and oxygen atoms in total. The summed E-state index contributed by atoms with van der Waals surface area (Å²) < 4.78 is 39.2. The molecule has 0 saturated heterocycles. The van der Waals surface area contributed by atoms with Crippen LogP contribution in [0.25, 0.3) is 0 Å². The Morgan fingerprint density at radius 2 is 1.75 bits per heavy atom. The van der Waals surface area contributed by atoms with Crippen LogP contribution >= 0.6 is 11.8 Å². The highest BCUT2D eigenvalue weighted by Crippen LogP contribution is 2.33. The molecule has 2 aromatic rings. The van der Waals surface area contributed by atoms with Gasteiger partial charge in [-0.25, -0.2) is 17.8 Å². The van der Waals surface area contributed by atoms with Gasteiger partial charge in [0.25, 0.3) is 0 Å². The summed E-state index contributed by atoms with van der Waals surface area (Å²) in [5.74, 6) is -0.264. The molecule has 0 N–H and O–H groups in total. The number of pyridine rings is 1. The van der Waals surface area contributed by atoms with Crippen molar-refractivity contribution in [2.45, 2.75) is 35.9 Å². The van der Waals surface area contributed by atoms with Gasteiger partial charge in [0.2, 0.25) is 10.0 Å². The van der Waals surface area contributed by atoms with Crippen LogP contribution in [0.3, 0.4) is 0 Å². The van der Waals surface area contributed by atoms with Crippen LogP contribution in [0.2, 0.25) is 0 Å². The summed E-state index contributed by atoms with van der Waals surface area (Å²) in [6.45, 7) is 6.47. The highest BCUT2D eigenvalue weighted by molar-refractivity contribution is 7.99. The van der Waals surface area contributed by atoms with E-state index < -0.39 is 10.0 Å². The molecule has 1 aromatic carbocycles. The van der Waals surface area contributed by atoms with Crippen molar-refractivity contribution in [1.29, 1.82) is 0 Å². The first kappa shape index (κ1) is 18.9. The van der Waals surface area contributed by atoms with E-state index in [9.17, 15) is 12.8 Å². The molecule has 0 fully saturated rings. The standard InChI is InChI=1S/C17H21FN2O2S2/c1-4-20(5-2)24(21,22)16-10-11-17(19-12-16)23-13(3)14-6-8-15(18)9-7-14/h6-13H,4-5H2,1-3H3. The van der Waals surface area contributed by atoms with Crippen molar-refractivity contribution in [2.24, 2.45) is 0 Å². The van der Waals surface area contributed by atoms with Crippen molar-refractivity contribution in [2.75, 3.05) is 13.1 Å². The molecule has 2 rings (SSSR count). The first-order chi connectivity index (χ1) is 11.4. The maximum absolute atomic E-state index is 13.0. The SMILES string of the molecule is CCN(CC)S(=O)(=O)c1ccc(SC(C)c2ccc(F)cc2)nc1. The van der Waals surface area contributed by atoms with E-state index in [-0.39, 0.29) is 16.0 Å². The van der Waals surface area contributed by atoms with Crippen LogP contribution in [0.1, 0.15) is 31.6 Å². The summed E-state index contributed by atoms with van der Waals surface area (Å²) in [5.41, 5.74) is 0.989. The summed E-state index contributed by atoms with van der Waals surface area (Å²) in [6.07, 6.45) is 1.40. The van der Waals surface area contributed by atoms with Crippen LogP contribution < -0.4 is 0 Å². The average Bonchev–Trinajstić information content (AvgIpc) is 2.56. The maximum atomic E-state index is 13.0. The lowest BCUT2D eigenvalue weighted by Gasteiger charge is -2.18. The average molecular weight is 368 g/mol. The van der Waals surface area contributed by atoms with Gasteiger partial charge in [0.15, 0.2) is 0 Å². The summed E-state index contributed by atoms with van der Waals surface area (Å²) in [5, 5.41) is 0.814. The van der Waals surface area contributed by atoms with Crippen LogP contribution in [-0.4, -0.2) is 30.8 Å². The number of halogens is 1. The number of nitrogens with zero attached hydrogens (tertiary/aromatic N) is 2. The highest BCUT2D eigenvalue weighted by Gasteiger charge is 2.22. The molecule has 7 heteroatoms. The third kappa shape index (κ3) is 4.34. The lowest BCUT2D eigenvalue weighted by atomic mass is 10.2. The fourth-order valence-corrected chi connectivity index (χ4v) is 4.60. The molecule has 0 aliphatic heterocycles. The van der Waals surface area contributed by atoms with Gasteiger partial charge in [-0.2, -0.15) is 4.31 Å². The van der Waals surface area contributed by atoms with E-state index in [0.717, 1.165) is 10.6 Å². The molecule has 1 aromatic heterocycles. The van der Waals surface area contributed by atoms with E-state index in [0.29, 0.717) is 13.1 Å². The van der Waals surface area contributed by atoms with Gasteiger partial charge in [-0.1, -0.05) is 37.7 Å². The predicted molar refractivity (Wildman–Crippen MR) is 95.0 cm³/mol. The molecule has 1 unspecified atom stereocenters. The van der Waals surface area contributed by atoms with E-state index in [2.05, 4.69) is 4.98 Å². The van der Waals surface area contributed by atoms with Crippen molar-refractivity contribution in [3.63, 3.8) is 0 Å². The third-order valence-electron chi connectivity index (χ3n) is 3.69. The van der Waals surface area contributed by atoms with Crippen molar-refractivity contribution in [1.82, 2.24) is 9.29 Å². The number of thioether (sulfide) groups is 1. The lowest BCUT2D eigenvalue weighted by Crippen LogP contribution is -2.30. The predicted octanol–water partition coefficient (Wildman–Crippen LogP) is 4.10. The first-order valence-electron chi connectivity index (χ1n) is 7.76. The Labute approximate surface area is 147 Å². The molecule has 0 aliphatic carbocycles. The fourth-order valence-electron chi connectivity index (χ4n) is 2.28. The zero-order chi connectivity index (χ0) is 17.7. The molecular weight excluding hydrogens is 347 g/mol. The molecule has 0 spiro atoms. The minimum Gasteiger partial charge on any atom is -0.249 e. The maximum Gasteiger partial charge on any atom is 0.244 e. The Morgan fingerprint density at radius 3 is 2.25 bits per heavy atom. The summed E-state index contributed by atoms with van der Waals surface area (Å²) in [7, 11) is -3.48. The molecule has 0 bridgehead atoms. The number of benzene rings is 1. The van der Waals surface area contributed by atoms with E-state index in [4.69, 9.17) is 0 Å². The van der Waals surface area contributed by atoms with Gasteiger partial charge in [-0.3, -0.25) is 0 Å². The Morgan fingerprint density at radius 1 is 1.12 bits per heavy atom. The van der Waals surface area contributed by atoms with Crippen LogP contribution in [0.15, 0.2) is 52.5 Å². The number of sulfonamides is 1. The number of hydrogen-bond acceptors (Lipinski definition) is 4. The third-order valence-corrected chi connectivity index (χ3v) is 6.83. The smallest absolute Gasteiger partial charge is 0.244 e. The number of aromatic nitrogens is 1. The second-order valence-corrected chi connectivity index (χ2v) is 8.53. The van der Waals surface area contributed by atoms with Gasteiger partial charge in [-0.05, 0) is 36.8 Å². The second-order valence-electron chi connectivity index (χ2n) is 5.23. The largest absolute Gasteiger partial charge is 0.249 e. The van der Waals surface area contributed by atoms with E-state index >= 15 is 0 Å². The van der Waals surface area contributed by atoms with Crippen LogP contribution in [0.5, 0.6) is 0 Å². The zero-order valence-corrected chi connectivity index (χ0v) is 15.6. The normalized spacial score (nSPS) is 13.2. The van der Waals surface area contributed by atoms with E-state index in [1.54, 1.807) is 24.3 Å².